The second kappa shape index (κ2) is 8.18. The minimum Gasteiger partial charge on any atom is -0.336 e. The smallest absolute Gasteiger partial charge is 0.224 e. The van der Waals surface area contributed by atoms with Crippen LogP contribution in [0, 0.1) is 0 Å². The normalized spacial score (nSPS) is 19.4. The number of hydrogen-bond acceptors (Lipinski definition) is 2. The average molecular weight is 283 g/mol. The Morgan fingerprint density at radius 1 is 1.21 bits per heavy atom. The standard InChI is InChI=1S/C15H22N2O.ClH/c16-11-10-15(18)17-12-6-2-5-9-14(17)13-7-3-1-4-8-13;/h1,3-4,7-8,14H,2,5-6,9-12,16H2;1H. The van der Waals surface area contributed by atoms with Gasteiger partial charge >= 0.3 is 0 Å². The van der Waals surface area contributed by atoms with Crippen LogP contribution in [0.4, 0.5) is 0 Å². The van der Waals surface area contributed by atoms with Gasteiger partial charge in [0.25, 0.3) is 0 Å². The fraction of sp³-hybridized carbons (Fsp3) is 0.533. The zero-order valence-corrected chi connectivity index (χ0v) is 12.1. The zero-order valence-electron chi connectivity index (χ0n) is 11.3. The van der Waals surface area contributed by atoms with Crippen molar-refractivity contribution in [1.29, 1.82) is 0 Å². The van der Waals surface area contributed by atoms with Gasteiger partial charge in [-0.3, -0.25) is 4.79 Å². The fourth-order valence-electron chi connectivity index (χ4n) is 2.70. The van der Waals surface area contributed by atoms with Crippen LogP contribution in [-0.2, 0) is 4.79 Å². The molecule has 0 bridgehead atoms. The number of likely N-dealkylation sites (tertiary alicyclic amines) is 1. The van der Waals surface area contributed by atoms with Gasteiger partial charge in [0, 0.05) is 19.5 Å². The van der Waals surface area contributed by atoms with Crippen LogP contribution in [0.25, 0.3) is 0 Å². The Morgan fingerprint density at radius 3 is 2.63 bits per heavy atom. The van der Waals surface area contributed by atoms with Crippen LogP contribution in [0.15, 0.2) is 30.3 Å². The maximum absolute atomic E-state index is 12.2. The lowest BCUT2D eigenvalue weighted by atomic mass is 10.0. The molecule has 0 spiro atoms. The first-order chi connectivity index (χ1) is 8.83. The third kappa shape index (κ3) is 4.22. The summed E-state index contributed by atoms with van der Waals surface area (Å²) < 4.78 is 0. The molecule has 1 fully saturated rings. The first kappa shape index (κ1) is 16.0. The topological polar surface area (TPSA) is 46.3 Å². The number of nitrogens with zero attached hydrogens (tertiary/aromatic N) is 1. The highest BCUT2D eigenvalue weighted by Gasteiger charge is 2.25. The van der Waals surface area contributed by atoms with Crippen molar-refractivity contribution in [2.24, 2.45) is 5.73 Å². The van der Waals surface area contributed by atoms with Crippen LogP contribution in [0.3, 0.4) is 0 Å². The molecule has 19 heavy (non-hydrogen) atoms. The van der Waals surface area contributed by atoms with Crippen molar-refractivity contribution < 1.29 is 4.79 Å². The molecule has 0 aromatic heterocycles. The van der Waals surface area contributed by atoms with E-state index in [1.54, 1.807) is 0 Å². The van der Waals surface area contributed by atoms with Crippen LogP contribution in [0.1, 0.15) is 43.7 Å². The van der Waals surface area contributed by atoms with Gasteiger partial charge < -0.3 is 10.6 Å². The first-order valence-corrected chi connectivity index (χ1v) is 6.87. The Morgan fingerprint density at radius 2 is 1.95 bits per heavy atom. The number of benzene rings is 1. The molecule has 1 aliphatic heterocycles. The Balaban J connectivity index is 0.00000180. The van der Waals surface area contributed by atoms with Gasteiger partial charge in [0.1, 0.15) is 0 Å². The van der Waals surface area contributed by atoms with Gasteiger partial charge in [0.2, 0.25) is 5.91 Å². The summed E-state index contributed by atoms with van der Waals surface area (Å²) in [5.41, 5.74) is 6.77. The maximum atomic E-state index is 12.2. The first-order valence-electron chi connectivity index (χ1n) is 6.87. The van der Waals surface area contributed by atoms with Gasteiger partial charge in [0.15, 0.2) is 0 Å². The van der Waals surface area contributed by atoms with Gasteiger partial charge in [-0.25, -0.2) is 0 Å². The summed E-state index contributed by atoms with van der Waals surface area (Å²) in [6, 6.07) is 10.6. The van der Waals surface area contributed by atoms with E-state index in [1.807, 2.05) is 23.1 Å². The van der Waals surface area contributed by atoms with E-state index in [9.17, 15) is 4.79 Å². The lowest BCUT2D eigenvalue weighted by Gasteiger charge is -2.30. The average Bonchev–Trinajstić information content (AvgIpc) is 2.65. The Hall–Kier alpha value is -1.06. The van der Waals surface area contributed by atoms with E-state index >= 15 is 0 Å². The van der Waals surface area contributed by atoms with Gasteiger partial charge in [-0.1, -0.05) is 43.2 Å². The molecule has 2 N–H and O–H groups in total. The second-order valence-electron chi connectivity index (χ2n) is 4.90. The van der Waals surface area contributed by atoms with Crippen molar-refractivity contribution in [2.75, 3.05) is 13.1 Å². The van der Waals surface area contributed by atoms with Crippen molar-refractivity contribution in [3.05, 3.63) is 35.9 Å². The quantitative estimate of drug-likeness (QED) is 0.927. The van der Waals surface area contributed by atoms with Crippen LogP contribution in [0.2, 0.25) is 0 Å². The second-order valence-corrected chi connectivity index (χ2v) is 4.90. The predicted molar refractivity (Wildman–Crippen MR) is 80.3 cm³/mol. The van der Waals surface area contributed by atoms with Crippen molar-refractivity contribution >= 4 is 18.3 Å². The lowest BCUT2D eigenvalue weighted by Crippen LogP contribution is -2.35. The van der Waals surface area contributed by atoms with Gasteiger partial charge in [-0.15, -0.1) is 12.4 Å². The minimum absolute atomic E-state index is 0. The molecule has 1 heterocycles. The molecule has 1 unspecified atom stereocenters. The number of halogens is 1. The van der Waals surface area contributed by atoms with E-state index < -0.39 is 0 Å². The molecule has 1 amide bonds. The SMILES string of the molecule is Cl.NCCC(=O)N1CCCCCC1c1ccccc1. The molecule has 3 nitrogen and oxygen atoms in total. The molecule has 2 rings (SSSR count). The fourth-order valence-corrected chi connectivity index (χ4v) is 2.70. The molecule has 0 saturated carbocycles. The van der Waals surface area contributed by atoms with E-state index in [4.69, 9.17) is 5.73 Å². The molecular weight excluding hydrogens is 260 g/mol. The van der Waals surface area contributed by atoms with Crippen molar-refractivity contribution in [1.82, 2.24) is 4.90 Å². The zero-order chi connectivity index (χ0) is 12.8. The highest BCUT2D eigenvalue weighted by Crippen LogP contribution is 2.30. The molecule has 1 aromatic rings. The summed E-state index contributed by atoms with van der Waals surface area (Å²) in [4.78, 5) is 14.2. The molecule has 1 aliphatic rings. The molecule has 1 aromatic carbocycles. The molecule has 1 saturated heterocycles. The van der Waals surface area contributed by atoms with Crippen LogP contribution in [0.5, 0.6) is 0 Å². The predicted octanol–water partition coefficient (Wildman–Crippen LogP) is 2.90. The lowest BCUT2D eigenvalue weighted by molar-refractivity contribution is -0.133. The summed E-state index contributed by atoms with van der Waals surface area (Å²) in [5, 5.41) is 0. The van der Waals surface area contributed by atoms with Crippen LogP contribution >= 0.6 is 12.4 Å². The van der Waals surface area contributed by atoms with Gasteiger partial charge in [0.05, 0.1) is 6.04 Å². The molecule has 0 aliphatic carbocycles. The van der Waals surface area contributed by atoms with E-state index in [-0.39, 0.29) is 24.4 Å². The third-order valence-corrected chi connectivity index (χ3v) is 3.62. The molecular formula is C15H23ClN2O. The molecule has 1 atom stereocenters. The number of nitrogens with two attached hydrogens (primary N) is 1. The Bertz CT molecular complexity index is 383. The van der Waals surface area contributed by atoms with E-state index in [0.717, 1.165) is 19.4 Å². The van der Waals surface area contributed by atoms with Crippen molar-refractivity contribution in [2.45, 2.75) is 38.1 Å². The van der Waals surface area contributed by atoms with E-state index in [0.29, 0.717) is 13.0 Å². The van der Waals surface area contributed by atoms with Gasteiger partial charge in [-0.05, 0) is 18.4 Å². The Kier molecular flexibility index (Phi) is 6.89. The largest absolute Gasteiger partial charge is 0.336 e. The number of hydrogen-bond donors (Lipinski definition) is 1. The molecule has 4 heteroatoms. The highest BCUT2D eigenvalue weighted by molar-refractivity contribution is 5.85. The van der Waals surface area contributed by atoms with E-state index in [2.05, 4.69) is 12.1 Å². The van der Waals surface area contributed by atoms with E-state index in [1.165, 1.54) is 18.4 Å². The summed E-state index contributed by atoms with van der Waals surface area (Å²) in [7, 11) is 0. The summed E-state index contributed by atoms with van der Waals surface area (Å²) >= 11 is 0. The van der Waals surface area contributed by atoms with Crippen LogP contribution in [-0.4, -0.2) is 23.9 Å². The summed E-state index contributed by atoms with van der Waals surface area (Å²) in [5.74, 6) is 0.202. The molecule has 106 valence electrons. The maximum Gasteiger partial charge on any atom is 0.224 e. The molecule has 0 radical (unpaired) electrons. The third-order valence-electron chi connectivity index (χ3n) is 3.62. The highest BCUT2D eigenvalue weighted by atomic mass is 35.5. The summed E-state index contributed by atoms with van der Waals surface area (Å²) in [6.45, 7) is 1.31. The van der Waals surface area contributed by atoms with Crippen molar-refractivity contribution in [3.63, 3.8) is 0 Å². The number of amides is 1. The van der Waals surface area contributed by atoms with Crippen LogP contribution < -0.4 is 5.73 Å². The minimum atomic E-state index is 0. The number of carbonyl (C=O) groups is 1. The van der Waals surface area contributed by atoms with Crippen molar-refractivity contribution in [3.8, 4) is 0 Å². The summed E-state index contributed by atoms with van der Waals surface area (Å²) in [6.07, 6.45) is 5.06. The number of rotatable bonds is 3. The Labute approximate surface area is 121 Å². The number of carbonyl (C=O) groups excluding carboxylic acids is 1. The van der Waals surface area contributed by atoms with Gasteiger partial charge in [-0.2, -0.15) is 0 Å². The monoisotopic (exact) mass is 282 g/mol.